The van der Waals surface area contributed by atoms with E-state index in [1.54, 1.807) is 0 Å². The van der Waals surface area contributed by atoms with Crippen LogP contribution in [-0.4, -0.2) is 37.5 Å². The summed E-state index contributed by atoms with van der Waals surface area (Å²) in [5.41, 5.74) is -0.311. The van der Waals surface area contributed by atoms with Crippen LogP contribution in [0.3, 0.4) is 0 Å². The SMILES string of the molecule is CCCNC(=O)CN(C)CCC(C)(C)C#N. The molecule has 0 fully saturated rings. The minimum absolute atomic E-state index is 0.0547. The van der Waals surface area contributed by atoms with Crippen LogP contribution in [0.1, 0.15) is 33.6 Å². The number of rotatable bonds is 7. The molecule has 0 heterocycles. The van der Waals surface area contributed by atoms with Crippen LogP contribution in [0.15, 0.2) is 0 Å². The molecule has 0 atom stereocenters. The topological polar surface area (TPSA) is 56.1 Å². The monoisotopic (exact) mass is 225 g/mol. The molecule has 0 aliphatic carbocycles. The number of nitrogens with one attached hydrogen (secondary N) is 1. The van der Waals surface area contributed by atoms with Crippen molar-refractivity contribution in [2.24, 2.45) is 5.41 Å². The first kappa shape index (κ1) is 14.9. The van der Waals surface area contributed by atoms with Gasteiger partial charge in [0.1, 0.15) is 0 Å². The van der Waals surface area contributed by atoms with Crippen molar-refractivity contribution in [2.45, 2.75) is 33.6 Å². The van der Waals surface area contributed by atoms with Crippen LogP contribution < -0.4 is 5.32 Å². The smallest absolute Gasteiger partial charge is 0.234 e. The summed E-state index contributed by atoms with van der Waals surface area (Å²) in [6, 6.07) is 2.26. The molecule has 0 bridgehead atoms. The summed E-state index contributed by atoms with van der Waals surface area (Å²) < 4.78 is 0. The number of carbonyl (C=O) groups is 1. The molecular formula is C12H23N3O. The maximum Gasteiger partial charge on any atom is 0.234 e. The van der Waals surface area contributed by atoms with E-state index in [0.717, 1.165) is 25.9 Å². The molecule has 0 spiro atoms. The summed E-state index contributed by atoms with van der Waals surface area (Å²) in [7, 11) is 1.90. The third-order valence-corrected chi connectivity index (χ3v) is 2.41. The predicted octanol–water partition coefficient (Wildman–Crippen LogP) is 1.38. The van der Waals surface area contributed by atoms with Crippen molar-refractivity contribution in [2.75, 3.05) is 26.7 Å². The Morgan fingerprint density at radius 3 is 2.62 bits per heavy atom. The minimum atomic E-state index is -0.311. The summed E-state index contributed by atoms with van der Waals surface area (Å²) in [5.74, 6) is 0.0547. The molecule has 92 valence electrons. The van der Waals surface area contributed by atoms with E-state index >= 15 is 0 Å². The van der Waals surface area contributed by atoms with Crippen molar-refractivity contribution in [3.8, 4) is 6.07 Å². The summed E-state index contributed by atoms with van der Waals surface area (Å²) in [5, 5.41) is 11.7. The maximum atomic E-state index is 11.4. The van der Waals surface area contributed by atoms with Gasteiger partial charge in [-0.2, -0.15) is 5.26 Å². The van der Waals surface area contributed by atoms with E-state index in [-0.39, 0.29) is 11.3 Å². The molecule has 0 aromatic rings. The summed E-state index contributed by atoms with van der Waals surface area (Å²) in [6.45, 7) is 7.76. The number of carbonyl (C=O) groups excluding carboxylic acids is 1. The van der Waals surface area contributed by atoms with Crippen molar-refractivity contribution in [1.29, 1.82) is 5.26 Å². The fourth-order valence-corrected chi connectivity index (χ4v) is 1.17. The normalized spacial score (nSPS) is 11.2. The third-order valence-electron chi connectivity index (χ3n) is 2.41. The zero-order valence-electron chi connectivity index (χ0n) is 10.8. The molecule has 4 heteroatoms. The number of hydrogen-bond acceptors (Lipinski definition) is 3. The van der Waals surface area contributed by atoms with Gasteiger partial charge in [-0.15, -0.1) is 0 Å². The van der Waals surface area contributed by atoms with Crippen molar-refractivity contribution in [3.63, 3.8) is 0 Å². The Bertz CT molecular complexity index is 255. The first-order valence-electron chi connectivity index (χ1n) is 5.78. The Hall–Kier alpha value is -1.08. The lowest BCUT2D eigenvalue weighted by molar-refractivity contribution is -0.122. The summed E-state index contributed by atoms with van der Waals surface area (Å²) in [6.07, 6.45) is 1.73. The molecule has 0 aromatic carbocycles. The van der Waals surface area contributed by atoms with Crippen LogP contribution >= 0.6 is 0 Å². The summed E-state index contributed by atoms with van der Waals surface area (Å²) >= 11 is 0. The fraction of sp³-hybridized carbons (Fsp3) is 0.833. The van der Waals surface area contributed by atoms with E-state index in [9.17, 15) is 4.79 Å². The van der Waals surface area contributed by atoms with Gasteiger partial charge in [0, 0.05) is 6.54 Å². The van der Waals surface area contributed by atoms with Crippen LogP contribution in [0, 0.1) is 16.7 Å². The van der Waals surface area contributed by atoms with Gasteiger partial charge >= 0.3 is 0 Å². The molecule has 4 nitrogen and oxygen atoms in total. The molecule has 0 radical (unpaired) electrons. The van der Waals surface area contributed by atoms with Crippen LogP contribution in [0.2, 0.25) is 0 Å². The van der Waals surface area contributed by atoms with Gasteiger partial charge < -0.3 is 5.32 Å². The number of nitrogens with zero attached hydrogens (tertiary/aromatic N) is 2. The third kappa shape index (κ3) is 7.24. The Balaban J connectivity index is 3.79. The van der Waals surface area contributed by atoms with Crippen LogP contribution in [-0.2, 0) is 4.79 Å². The molecule has 0 saturated carbocycles. The van der Waals surface area contributed by atoms with Gasteiger partial charge in [0.25, 0.3) is 0 Å². The molecular weight excluding hydrogens is 202 g/mol. The van der Waals surface area contributed by atoms with E-state index < -0.39 is 0 Å². The van der Waals surface area contributed by atoms with Gasteiger partial charge in [-0.3, -0.25) is 9.69 Å². The average Bonchev–Trinajstić information content (AvgIpc) is 2.24. The number of amides is 1. The second-order valence-electron chi connectivity index (χ2n) is 4.83. The average molecular weight is 225 g/mol. The lowest BCUT2D eigenvalue weighted by Crippen LogP contribution is -2.36. The molecule has 0 rings (SSSR count). The van der Waals surface area contributed by atoms with Crippen LogP contribution in [0.5, 0.6) is 0 Å². The standard InChI is InChI=1S/C12H23N3O/c1-5-7-14-11(16)9-15(4)8-6-12(2,3)10-13/h5-9H2,1-4H3,(H,14,16). The highest BCUT2D eigenvalue weighted by Gasteiger charge is 2.17. The largest absolute Gasteiger partial charge is 0.355 e. The van der Waals surface area contributed by atoms with Gasteiger partial charge in [-0.05, 0) is 40.3 Å². The zero-order valence-corrected chi connectivity index (χ0v) is 10.8. The van der Waals surface area contributed by atoms with E-state index in [4.69, 9.17) is 5.26 Å². The molecule has 0 aliphatic heterocycles. The van der Waals surface area contributed by atoms with E-state index in [1.165, 1.54) is 0 Å². The highest BCUT2D eigenvalue weighted by atomic mass is 16.1. The number of nitriles is 1. The second kappa shape index (κ2) is 7.24. The molecule has 0 unspecified atom stereocenters. The molecule has 0 aliphatic rings. The van der Waals surface area contributed by atoms with Crippen LogP contribution in [0.25, 0.3) is 0 Å². The van der Waals surface area contributed by atoms with Gasteiger partial charge in [-0.1, -0.05) is 6.92 Å². The van der Waals surface area contributed by atoms with Crippen molar-refractivity contribution >= 4 is 5.91 Å². The Labute approximate surface area is 98.6 Å². The Kier molecular flexibility index (Phi) is 6.75. The van der Waals surface area contributed by atoms with Crippen molar-refractivity contribution in [1.82, 2.24) is 10.2 Å². The van der Waals surface area contributed by atoms with E-state index in [2.05, 4.69) is 11.4 Å². The maximum absolute atomic E-state index is 11.4. The van der Waals surface area contributed by atoms with Gasteiger partial charge in [0.2, 0.25) is 5.91 Å². The quantitative estimate of drug-likeness (QED) is 0.712. The van der Waals surface area contributed by atoms with E-state index in [1.807, 2.05) is 32.7 Å². The molecule has 16 heavy (non-hydrogen) atoms. The highest BCUT2D eigenvalue weighted by Crippen LogP contribution is 2.18. The molecule has 0 saturated heterocycles. The minimum Gasteiger partial charge on any atom is -0.355 e. The summed E-state index contributed by atoms with van der Waals surface area (Å²) in [4.78, 5) is 13.3. The van der Waals surface area contributed by atoms with Gasteiger partial charge in [-0.25, -0.2) is 0 Å². The Morgan fingerprint density at radius 2 is 2.12 bits per heavy atom. The molecule has 1 amide bonds. The zero-order chi connectivity index (χ0) is 12.6. The molecule has 1 N–H and O–H groups in total. The van der Waals surface area contributed by atoms with Gasteiger partial charge in [0.05, 0.1) is 18.0 Å². The Morgan fingerprint density at radius 1 is 1.50 bits per heavy atom. The van der Waals surface area contributed by atoms with Gasteiger partial charge in [0.15, 0.2) is 0 Å². The highest BCUT2D eigenvalue weighted by molar-refractivity contribution is 5.77. The van der Waals surface area contributed by atoms with Crippen molar-refractivity contribution in [3.05, 3.63) is 0 Å². The van der Waals surface area contributed by atoms with E-state index in [0.29, 0.717) is 6.54 Å². The number of likely N-dealkylation sites (N-methyl/N-ethyl adjacent to an activating group) is 1. The lowest BCUT2D eigenvalue weighted by atomic mass is 9.91. The van der Waals surface area contributed by atoms with Crippen molar-refractivity contribution < 1.29 is 4.79 Å². The number of hydrogen-bond donors (Lipinski definition) is 1. The second-order valence-corrected chi connectivity index (χ2v) is 4.83. The first-order valence-corrected chi connectivity index (χ1v) is 5.78. The van der Waals surface area contributed by atoms with Crippen LogP contribution in [0.4, 0.5) is 0 Å². The predicted molar refractivity (Wildman–Crippen MR) is 64.8 cm³/mol. The lowest BCUT2D eigenvalue weighted by Gasteiger charge is -2.21. The molecule has 0 aromatic heterocycles. The first-order chi connectivity index (χ1) is 7.41. The fourth-order valence-electron chi connectivity index (χ4n) is 1.17.